The number of hydrogen-bond acceptors (Lipinski definition) is 3. The summed E-state index contributed by atoms with van der Waals surface area (Å²) in [5.41, 5.74) is 1.95. The van der Waals surface area contributed by atoms with Crippen molar-refractivity contribution in [2.45, 2.75) is 44.6 Å². The van der Waals surface area contributed by atoms with E-state index < -0.39 is 0 Å². The van der Waals surface area contributed by atoms with E-state index in [0.29, 0.717) is 30.3 Å². The molecule has 2 aromatic rings. The Hall–Kier alpha value is -2.63. The van der Waals surface area contributed by atoms with Crippen molar-refractivity contribution < 1.29 is 9.59 Å². The van der Waals surface area contributed by atoms with Crippen LogP contribution in [0.3, 0.4) is 0 Å². The summed E-state index contributed by atoms with van der Waals surface area (Å²) < 4.78 is 1.73. The van der Waals surface area contributed by atoms with Gasteiger partial charge in [-0.25, -0.2) is 0 Å². The van der Waals surface area contributed by atoms with Crippen molar-refractivity contribution in [2.24, 2.45) is 13.0 Å². The molecule has 1 N–H and O–H groups in total. The molecule has 1 aliphatic heterocycles. The van der Waals surface area contributed by atoms with Crippen LogP contribution in [-0.2, 0) is 7.05 Å². The van der Waals surface area contributed by atoms with Gasteiger partial charge in [0.25, 0.3) is 11.8 Å². The second-order valence-electron chi connectivity index (χ2n) is 8.33. The predicted molar refractivity (Wildman–Crippen MR) is 107 cm³/mol. The van der Waals surface area contributed by atoms with Crippen LogP contribution in [0.1, 0.15) is 58.6 Å². The minimum atomic E-state index is -0.217. The number of likely N-dealkylation sites (tertiary alicyclic amines) is 1. The summed E-state index contributed by atoms with van der Waals surface area (Å²) in [7, 11) is 1.85. The third-order valence-corrected chi connectivity index (χ3v) is 6.13. The number of aryl methyl sites for hydroxylation is 2. The van der Waals surface area contributed by atoms with Crippen LogP contribution in [0.4, 0.5) is 0 Å². The number of nitrogens with one attached hydrogen (secondary N) is 1. The number of hydrogen-bond donors (Lipinski definition) is 1. The number of aromatic nitrogens is 2. The fourth-order valence-corrected chi connectivity index (χ4v) is 4.12. The van der Waals surface area contributed by atoms with Crippen molar-refractivity contribution in [2.75, 3.05) is 13.1 Å². The monoisotopic (exact) mass is 380 g/mol. The van der Waals surface area contributed by atoms with Crippen LogP contribution >= 0.6 is 0 Å². The number of piperidine rings is 1. The van der Waals surface area contributed by atoms with E-state index in [-0.39, 0.29) is 17.4 Å². The summed E-state index contributed by atoms with van der Waals surface area (Å²) in [6.45, 7) is 3.24. The Labute approximate surface area is 165 Å². The second kappa shape index (κ2) is 7.41. The average Bonchev–Trinajstić information content (AvgIpc) is 3.45. The zero-order valence-electron chi connectivity index (χ0n) is 16.6. The Morgan fingerprint density at radius 2 is 1.86 bits per heavy atom. The summed E-state index contributed by atoms with van der Waals surface area (Å²) in [4.78, 5) is 27.5. The summed E-state index contributed by atoms with van der Waals surface area (Å²) in [5, 5.41) is 7.66. The molecular formula is C22H28N4O2. The molecule has 28 heavy (non-hydrogen) atoms. The molecule has 1 saturated heterocycles. The third-order valence-electron chi connectivity index (χ3n) is 6.13. The first-order valence-corrected chi connectivity index (χ1v) is 10.1. The average molecular weight is 380 g/mol. The molecule has 2 aliphatic rings. The lowest BCUT2D eigenvalue weighted by molar-refractivity contribution is 0.0595. The molecule has 2 fully saturated rings. The van der Waals surface area contributed by atoms with Gasteiger partial charge in [-0.15, -0.1) is 0 Å². The van der Waals surface area contributed by atoms with Crippen LogP contribution in [-0.4, -0.2) is 45.1 Å². The first-order chi connectivity index (χ1) is 13.5. The summed E-state index contributed by atoms with van der Waals surface area (Å²) >= 11 is 0. The summed E-state index contributed by atoms with van der Waals surface area (Å²) in [6.07, 6.45) is 5.09. The van der Waals surface area contributed by atoms with Gasteiger partial charge in [0.1, 0.15) is 0 Å². The molecule has 0 spiro atoms. The minimum absolute atomic E-state index is 0.0126. The Kier molecular flexibility index (Phi) is 4.96. The summed E-state index contributed by atoms with van der Waals surface area (Å²) in [5.74, 6) is 0.677. The maximum atomic E-state index is 12.8. The van der Waals surface area contributed by atoms with Crippen LogP contribution in [0.25, 0.3) is 0 Å². The molecule has 1 aromatic carbocycles. The molecule has 1 aromatic heterocycles. The molecule has 4 rings (SSSR count). The molecule has 2 amide bonds. The van der Waals surface area contributed by atoms with E-state index >= 15 is 0 Å². The molecular weight excluding hydrogens is 352 g/mol. The fourth-order valence-electron chi connectivity index (χ4n) is 4.12. The van der Waals surface area contributed by atoms with Gasteiger partial charge >= 0.3 is 0 Å². The largest absolute Gasteiger partial charge is 0.346 e. The Morgan fingerprint density at radius 1 is 1.18 bits per heavy atom. The molecule has 1 saturated carbocycles. The number of carbonyl (C=O) groups excluding carboxylic acids is 2. The number of nitrogens with zero attached hydrogens (tertiary/aromatic N) is 3. The lowest BCUT2D eigenvalue weighted by Gasteiger charge is -2.42. The standard InChI is InChI=1S/C22H28N4O2/c1-16-14-19(24-25(16)2)21(28)26-12-10-22(11-13-26,15-17-8-9-17)23-20(27)18-6-4-3-5-7-18/h3-7,14,17H,8-13,15H2,1-2H3,(H,23,27). The smallest absolute Gasteiger partial charge is 0.274 e. The third kappa shape index (κ3) is 3.96. The normalized spacial score (nSPS) is 18.7. The van der Waals surface area contributed by atoms with Gasteiger partial charge < -0.3 is 10.2 Å². The van der Waals surface area contributed by atoms with Crippen molar-refractivity contribution >= 4 is 11.8 Å². The number of carbonyl (C=O) groups is 2. The molecule has 0 atom stereocenters. The van der Waals surface area contributed by atoms with E-state index in [2.05, 4.69) is 10.4 Å². The maximum absolute atomic E-state index is 12.8. The van der Waals surface area contributed by atoms with Crippen molar-refractivity contribution in [1.29, 1.82) is 0 Å². The highest BCUT2D eigenvalue weighted by atomic mass is 16.2. The zero-order valence-corrected chi connectivity index (χ0v) is 16.6. The van der Waals surface area contributed by atoms with Crippen molar-refractivity contribution in [3.05, 3.63) is 53.3 Å². The van der Waals surface area contributed by atoms with Crippen LogP contribution in [0.15, 0.2) is 36.4 Å². The number of benzene rings is 1. The first-order valence-electron chi connectivity index (χ1n) is 10.1. The van der Waals surface area contributed by atoms with Gasteiger partial charge in [-0.2, -0.15) is 5.10 Å². The molecule has 1 aliphatic carbocycles. The van der Waals surface area contributed by atoms with Gasteiger partial charge in [-0.1, -0.05) is 31.0 Å². The van der Waals surface area contributed by atoms with Gasteiger partial charge in [0, 0.05) is 36.9 Å². The van der Waals surface area contributed by atoms with Crippen LogP contribution in [0, 0.1) is 12.8 Å². The quantitative estimate of drug-likeness (QED) is 0.867. The fraction of sp³-hybridized carbons (Fsp3) is 0.500. The van der Waals surface area contributed by atoms with Gasteiger partial charge in [-0.05, 0) is 50.3 Å². The van der Waals surface area contributed by atoms with Crippen molar-refractivity contribution in [1.82, 2.24) is 20.0 Å². The van der Waals surface area contributed by atoms with Crippen LogP contribution in [0.5, 0.6) is 0 Å². The van der Waals surface area contributed by atoms with Gasteiger partial charge in [0.15, 0.2) is 5.69 Å². The molecule has 0 bridgehead atoms. The van der Waals surface area contributed by atoms with Gasteiger partial charge in [0.2, 0.25) is 0 Å². The highest BCUT2D eigenvalue weighted by molar-refractivity contribution is 5.95. The zero-order chi connectivity index (χ0) is 19.7. The molecule has 0 unspecified atom stereocenters. The van der Waals surface area contributed by atoms with Crippen LogP contribution in [0.2, 0.25) is 0 Å². The Bertz CT molecular complexity index is 842. The Morgan fingerprint density at radius 3 is 2.43 bits per heavy atom. The van der Waals surface area contributed by atoms with Gasteiger partial charge in [-0.3, -0.25) is 14.3 Å². The summed E-state index contributed by atoms with van der Waals surface area (Å²) in [6, 6.07) is 11.2. The van der Waals surface area contributed by atoms with E-state index in [0.717, 1.165) is 25.0 Å². The lowest BCUT2D eigenvalue weighted by Crippen LogP contribution is -2.56. The lowest BCUT2D eigenvalue weighted by atomic mass is 9.82. The van der Waals surface area contributed by atoms with E-state index in [1.165, 1.54) is 12.8 Å². The van der Waals surface area contributed by atoms with E-state index in [9.17, 15) is 9.59 Å². The van der Waals surface area contributed by atoms with Crippen LogP contribution < -0.4 is 5.32 Å². The molecule has 6 nitrogen and oxygen atoms in total. The van der Waals surface area contributed by atoms with E-state index in [1.807, 2.05) is 55.3 Å². The van der Waals surface area contributed by atoms with E-state index in [4.69, 9.17) is 0 Å². The molecule has 6 heteroatoms. The molecule has 2 heterocycles. The first kappa shape index (κ1) is 18.7. The second-order valence-corrected chi connectivity index (χ2v) is 8.33. The molecule has 148 valence electrons. The number of rotatable bonds is 5. The topological polar surface area (TPSA) is 67.2 Å². The highest BCUT2D eigenvalue weighted by Crippen LogP contribution is 2.40. The van der Waals surface area contributed by atoms with Crippen molar-refractivity contribution in [3.63, 3.8) is 0 Å². The highest BCUT2D eigenvalue weighted by Gasteiger charge is 2.41. The van der Waals surface area contributed by atoms with Crippen molar-refractivity contribution in [3.8, 4) is 0 Å². The predicted octanol–water partition coefficient (Wildman–Crippen LogP) is 2.93. The minimum Gasteiger partial charge on any atom is -0.346 e. The van der Waals surface area contributed by atoms with E-state index in [1.54, 1.807) is 4.68 Å². The van der Waals surface area contributed by atoms with Gasteiger partial charge in [0.05, 0.1) is 0 Å². The number of amides is 2. The maximum Gasteiger partial charge on any atom is 0.274 e. The Balaban J connectivity index is 1.45. The molecule has 0 radical (unpaired) electrons. The SMILES string of the molecule is Cc1cc(C(=O)N2CCC(CC3CC3)(NC(=O)c3ccccc3)CC2)nn1C.